The Hall–Kier alpha value is -1.69. The van der Waals surface area contributed by atoms with Crippen LogP contribution >= 0.6 is 0 Å². The van der Waals surface area contributed by atoms with Gasteiger partial charge in [0.15, 0.2) is 0 Å². The van der Waals surface area contributed by atoms with Crippen LogP contribution in [0.2, 0.25) is 0 Å². The molecule has 19 heavy (non-hydrogen) atoms. The first kappa shape index (κ1) is 13.7. The van der Waals surface area contributed by atoms with Gasteiger partial charge in [0.1, 0.15) is 17.7 Å². The molecule has 0 spiro atoms. The second kappa shape index (κ2) is 5.52. The number of aliphatic hydroxyl groups excluding tert-OH is 1. The van der Waals surface area contributed by atoms with Gasteiger partial charge in [-0.15, -0.1) is 0 Å². The molecular formula is C13H19N3O3. The predicted molar refractivity (Wildman–Crippen MR) is 70.1 cm³/mol. The molecule has 104 valence electrons. The molecule has 0 amide bonds. The van der Waals surface area contributed by atoms with Gasteiger partial charge in [0.05, 0.1) is 12.1 Å². The fraction of sp³-hybridized carbons (Fsp3) is 0.615. The summed E-state index contributed by atoms with van der Waals surface area (Å²) in [6, 6.07) is 0. The molecule has 1 fully saturated rings. The lowest BCUT2D eigenvalue weighted by atomic mass is 9.77. The van der Waals surface area contributed by atoms with Crippen LogP contribution in [0.15, 0.2) is 12.5 Å². The zero-order valence-electron chi connectivity index (χ0n) is 11.0. The summed E-state index contributed by atoms with van der Waals surface area (Å²) >= 11 is 0. The zero-order chi connectivity index (χ0) is 13.9. The van der Waals surface area contributed by atoms with E-state index in [0.29, 0.717) is 5.92 Å². The van der Waals surface area contributed by atoms with Crippen molar-refractivity contribution in [3.63, 3.8) is 0 Å². The summed E-state index contributed by atoms with van der Waals surface area (Å²) in [4.78, 5) is 18.8. The molecular weight excluding hydrogens is 246 g/mol. The van der Waals surface area contributed by atoms with Gasteiger partial charge in [0.25, 0.3) is 0 Å². The van der Waals surface area contributed by atoms with Crippen LogP contribution in [-0.2, 0) is 0 Å². The number of aromatic carboxylic acids is 1. The standard InChI is InChI=1S/C13H19N3O3/c1-9-2-4-13(7-17,5-3-9)16-11-10(12(18)19)6-14-8-15-11/h6,8-9,17H,2-5,7H2,1H3,(H,18,19)(H,14,15,16). The monoisotopic (exact) mass is 265 g/mol. The first-order valence-corrected chi connectivity index (χ1v) is 6.49. The predicted octanol–water partition coefficient (Wildman–Crippen LogP) is 1.53. The Labute approximate surface area is 111 Å². The molecule has 1 aliphatic carbocycles. The Bertz CT molecular complexity index is 456. The van der Waals surface area contributed by atoms with Gasteiger partial charge in [-0.2, -0.15) is 0 Å². The van der Waals surface area contributed by atoms with Gasteiger partial charge in [-0.1, -0.05) is 6.92 Å². The Balaban J connectivity index is 2.21. The number of hydrogen-bond acceptors (Lipinski definition) is 5. The van der Waals surface area contributed by atoms with Crippen molar-refractivity contribution < 1.29 is 15.0 Å². The lowest BCUT2D eigenvalue weighted by molar-refractivity contribution is 0.0696. The molecule has 6 heteroatoms. The van der Waals surface area contributed by atoms with Crippen molar-refractivity contribution in [2.75, 3.05) is 11.9 Å². The van der Waals surface area contributed by atoms with Crippen LogP contribution in [0, 0.1) is 5.92 Å². The Morgan fingerprint density at radius 1 is 1.53 bits per heavy atom. The van der Waals surface area contributed by atoms with Crippen molar-refractivity contribution >= 4 is 11.8 Å². The molecule has 0 radical (unpaired) electrons. The minimum absolute atomic E-state index is 0.0250. The number of anilines is 1. The van der Waals surface area contributed by atoms with E-state index in [2.05, 4.69) is 22.2 Å². The molecule has 6 nitrogen and oxygen atoms in total. The highest BCUT2D eigenvalue weighted by Crippen LogP contribution is 2.34. The van der Waals surface area contributed by atoms with Gasteiger partial charge in [-0.25, -0.2) is 14.8 Å². The lowest BCUT2D eigenvalue weighted by Crippen LogP contribution is -2.45. The topological polar surface area (TPSA) is 95.3 Å². The van der Waals surface area contributed by atoms with Crippen molar-refractivity contribution in [2.24, 2.45) is 5.92 Å². The molecule has 0 unspecified atom stereocenters. The third kappa shape index (κ3) is 3.01. The summed E-state index contributed by atoms with van der Waals surface area (Å²) in [5.41, 5.74) is -0.431. The van der Waals surface area contributed by atoms with Gasteiger partial charge in [0.2, 0.25) is 0 Å². The van der Waals surface area contributed by atoms with Crippen LogP contribution in [0.1, 0.15) is 43.0 Å². The molecule has 0 aliphatic heterocycles. The molecule has 0 bridgehead atoms. The minimum atomic E-state index is -1.07. The maximum atomic E-state index is 11.1. The molecule has 0 atom stereocenters. The number of hydrogen-bond donors (Lipinski definition) is 3. The molecule has 1 aliphatic rings. The van der Waals surface area contributed by atoms with Crippen LogP contribution in [-0.4, -0.2) is 38.3 Å². The smallest absolute Gasteiger partial charge is 0.341 e. The molecule has 0 saturated heterocycles. The van der Waals surface area contributed by atoms with Crippen molar-refractivity contribution in [3.8, 4) is 0 Å². The van der Waals surface area contributed by atoms with Crippen molar-refractivity contribution in [2.45, 2.75) is 38.1 Å². The molecule has 1 aromatic rings. The number of aliphatic hydroxyl groups is 1. The van der Waals surface area contributed by atoms with Gasteiger partial charge < -0.3 is 15.5 Å². The number of nitrogens with zero attached hydrogens (tertiary/aromatic N) is 2. The Morgan fingerprint density at radius 2 is 2.21 bits per heavy atom. The summed E-state index contributed by atoms with van der Waals surface area (Å²) in [6.07, 6.45) is 6.24. The van der Waals surface area contributed by atoms with Crippen LogP contribution in [0.25, 0.3) is 0 Å². The Kier molecular flexibility index (Phi) is 3.99. The molecule has 2 rings (SSSR count). The fourth-order valence-electron chi connectivity index (χ4n) is 2.47. The summed E-state index contributed by atoms with van der Waals surface area (Å²) in [7, 11) is 0. The minimum Gasteiger partial charge on any atom is -0.477 e. The van der Waals surface area contributed by atoms with Crippen LogP contribution in [0.5, 0.6) is 0 Å². The molecule has 1 aromatic heterocycles. The lowest BCUT2D eigenvalue weighted by Gasteiger charge is -2.39. The van der Waals surface area contributed by atoms with Crippen molar-refractivity contribution in [1.82, 2.24) is 9.97 Å². The maximum absolute atomic E-state index is 11.1. The summed E-state index contributed by atoms with van der Waals surface area (Å²) in [5.74, 6) is -0.141. The van der Waals surface area contributed by atoms with E-state index in [0.717, 1.165) is 25.7 Å². The summed E-state index contributed by atoms with van der Waals surface area (Å²) < 4.78 is 0. The SMILES string of the molecule is CC1CCC(CO)(Nc2ncncc2C(=O)O)CC1. The average molecular weight is 265 g/mol. The van der Waals surface area contributed by atoms with Gasteiger partial charge in [0, 0.05) is 6.20 Å². The van der Waals surface area contributed by atoms with Crippen LogP contribution in [0.3, 0.4) is 0 Å². The molecule has 0 aromatic carbocycles. The third-order valence-corrected chi connectivity index (χ3v) is 3.86. The number of carbonyl (C=O) groups is 1. The first-order valence-electron chi connectivity index (χ1n) is 6.49. The third-order valence-electron chi connectivity index (χ3n) is 3.86. The number of rotatable bonds is 4. The number of nitrogens with one attached hydrogen (secondary N) is 1. The second-order valence-corrected chi connectivity index (χ2v) is 5.34. The highest BCUT2D eigenvalue weighted by Gasteiger charge is 2.34. The molecule has 3 N–H and O–H groups in total. The number of carboxylic acid groups (broad SMARTS) is 1. The van der Waals surface area contributed by atoms with Crippen LogP contribution in [0.4, 0.5) is 5.82 Å². The first-order chi connectivity index (χ1) is 9.06. The highest BCUT2D eigenvalue weighted by atomic mass is 16.4. The van der Waals surface area contributed by atoms with Gasteiger partial charge in [-0.3, -0.25) is 0 Å². The van der Waals surface area contributed by atoms with E-state index in [4.69, 9.17) is 5.11 Å². The summed E-state index contributed by atoms with van der Waals surface area (Å²) in [5, 5.41) is 21.9. The quantitative estimate of drug-likeness (QED) is 0.764. The van der Waals surface area contributed by atoms with E-state index in [-0.39, 0.29) is 18.0 Å². The zero-order valence-corrected chi connectivity index (χ0v) is 11.0. The molecule has 1 heterocycles. The van der Waals surface area contributed by atoms with Crippen molar-refractivity contribution in [1.29, 1.82) is 0 Å². The number of carboxylic acids is 1. The highest BCUT2D eigenvalue weighted by molar-refractivity contribution is 5.92. The van der Waals surface area contributed by atoms with E-state index >= 15 is 0 Å². The van der Waals surface area contributed by atoms with E-state index in [9.17, 15) is 9.90 Å². The van der Waals surface area contributed by atoms with E-state index in [1.54, 1.807) is 0 Å². The maximum Gasteiger partial charge on any atom is 0.341 e. The normalized spacial score (nSPS) is 26.9. The van der Waals surface area contributed by atoms with Crippen LogP contribution < -0.4 is 5.32 Å². The van der Waals surface area contributed by atoms with E-state index < -0.39 is 11.5 Å². The average Bonchev–Trinajstić information content (AvgIpc) is 2.42. The Morgan fingerprint density at radius 3 is 2.79 bits per heavy atom. The second-order valence-electron chi connectivity index (χ2n) is 5.34. The summed E-state index contributed by atoms with van der Waals surface area (Å²) in [6.45, 7) is 2.16. The van der Waals surface area contributed by atoms with Gasteiger partial charge >= 0.3 is 5.97 Å². The number of aromatic nitrogens is 2. The van der Waals surface area contributed by atoms with E-state index in [1.807, 2.05) is 0 Å². The fourth-order valence-corrected chi connectivity index (χ4v) is 2.47. The largest absolute Gasteiger partial charge is 0.477 e. The van der Waals surface area contributed by atoms with E-state index in [1.165, 1.54) is 12.5 Å². The van der Waals surface area contributed by atoms with Gasteiger partial charge in [-0.05, 0) is 31.6 Å². The molecule has 1 saturated carbocycles. The van der Waals surface area contributed by atoms with Crippen molar-refractivity contribution in [3.05, 3.63) is 18.1 Å².